The average Bonchev–Trinajstić information content (AvgIpc) is 2.63. The Labute approximate surface area is 151 Å². The minimum atomic E-state index is -0.309. The van der Waals surface area contributed by atoms with Crippen molar-refractivity contribution in [1.29, 1.82) is 0 Å². The first-order chi connectivity index (χ1) is 12.2. The third kappa shape index (κ3) is 4.75. The summed E-state index contributed by atoms with van der Waals surface area (Å²) in [5.41, 5.74) is 1.44. The molecule has 0 atom stereocenters. The Kier molecular flexibility index (Phi) is 5.54. The molecule has 126 valence electrons. The summed E-state index contributed by atoms with van der Waals surface area (Å²) in [5, 5.41) is 6.10. The molecule has 0 aliphatic carbocycles. The maximum atomic E-state index is 12.1. The van der Waals surface area contributed by atoms with Crippen molar-refractivity contribution in [1.82, 2.24) is 5.32 Å². The molecule has 0 spiro atoms. The molecule has 0 radical (unpaired) electrons. The number of hydrogen-bond donors (Lipinski definition) is 2. The van der Waals surface area contributed by atoms with Crippen LogP contribution < -0.4 is 15.4 Å². The van der Waals surface area contributed by atoms with Gasteiger partial charge in [-0.3, -0.25) is 0 Å². The number of hydrogen-bond acceptors (Lipinski definition) is 2. The molecule has 0 saturated carbocycles. The Balaban J connectivity index is 1.68. The van der Waals surface area contributed by atoms with Gasteiger partial charge < -0.3 is 15.4 Å². The zero-order valence-corrected chi connectivity index (χ0v) is 14.2. The monoisotopic (exact) mass is 352 g/mol. The number of carbonyl (C=O) groups excluding carboxylic acids is 1. The number of urea groups is 1. The Morgan fingerprint density at radius 1 is 0.880 bits per heavy atom. The van der Waals surface area contributed by atoms with Crippen LogP contribution in [-0.2, 0) is 6.54 Å². The summed E-state index contributed by atoms with van der Waals surface area (Å²) in [7, 11) is 0. The topological polar surface area (TPSA) is 50.4 Å². The molecule has 0 saturated heterocycles. The van der Waals surface area contributed by atoms with Crippen molar-refractivity contribution in [3.05, 3.63) is 89.4 Å². The van der Waals surface area contributed by atoms with E-state index in [1.54, 1.807) is 6.07 Å². The lowest BCUT2D eigenvalue weighted by Crippen LogP contribution is -2.28. The van der Waals surface area contributed by atoms with Crippen LogP contribution in [0.25, 0.3) is 0 Å². The summed E-state index contributed by atoms with van der Waals surface area (Å²) < 4.78 is 5.88. The molecule has 0 aliphatic heterocycles. The van der Waals surface area contributed by atoms with Crippen molar-refractivity contribution in [3.63, 3.8) is 0 Å². The zero-order chi connectivity index (χ0) is 17.5. The first-order valence-corrected chi connectivity index (χ1v) is 8.20. The van der Waals surface area contributed by atoms with E-state index >= 15 is 0 Å². The second-order valence-electron chi connectivity index (χ2n) is 5.31. The number of amides is 2. The van der Waals surface area contributed by atoms with Crippen molar-refractivity contribution in [2.24, 2.45) is 0 Å². The lowest BCUT2D eigenvalue weighted by atomic mass is 10.2. The van der Waals surface area contributed by atoms with Crippen LogP contribution in [0.4, 0.5) is 10.5 Å². The molecular weight excluding hydrogens is 336 g/mol. The first kappa shape index (κ1) is 16.9. The van der Waals surface area contributed by atoms with Crippen LogP contribution in [0.15, 0.2) is 78.9 Å². The molecule has 25 heavy (non-hydrogen) atoms. The Morgan fingerprint density at radius 2 is 1.56 bits per heavy atom. The average molecular weight is 353 g/mol. The molecule has 3 rings (SSSR count). The summed E-state index contributed by atoms with van der Waals surface area (Å²) in [6, 6.07) is 23.8. The van der Waals surface area contributed by atoms with Gasteiger partial charge >= 0.3 is 6.03 Å². The van der Waals surface area contributed by atoms with Crippen LogP contribution in [0.2, 0.25) is 5.02 Å². The quantitative estimate of drug-likeness (QED) is 0.641. The highest BCUT2D eigenvalue weighted by atomic mass is 35.5. The highest BCUT2D eigenvalue weighted by Crippen LogP contribution is 2.30. The van der Waals surface area contributed by atoms with E-state index in [-0.39, 0.29) is 12.6 Å². The van der Waals surface area contributed by atoms with Crippen LogP contribution in [0.5, 0.6) is 11.5 Å². The minimum absolute atomic E-state index is 0.251. The fourth-order valence-corrected chi connectivity index (χ4v) is 2.52. The lowest BCUT2D eigenvalue weighted by molar-refractivity contribution is 0.251. The standard InChI is InChI=1S/C20H17ClN2O2/c21-18-12-7-13-19(25-16-10-5-2-6-11-16)17(18)14-22-20(24)23-15-8-3-1-4-9-15/h1-13H,14H2,(H2,22,23,24). The van der Waals surface area contributed by atoms with Gasteiger partial charge in [-0.25, -0.2) is 4.79 Å². The van der Waals surface area contributed by atoms with Crippen LogP contribution in [0.3, 0.4) is 0 Å². The summed E-state index contributed by atoms with van der Waals surface area (Å²) in [5.74, 6) is 1.32. The molecule has 4 nitrogen and oxygen atoms in total. The normalized spacial score (nSPS) is 10.1. The van der Waals surface area contributed by atoms with Crippen molar-refractivity contribution >= 4 is 23.3 Å². The lowest BCUT2D eigenvalue weighted by Gasteiger charge is -2.14. The summed E-state index contributed by atoms with van der Waals surface area (Å²) in [4.78, 5) is 12.1. The summed E-state index contributed by atoms with van der Waals surface area (Å²) in [6.07, 6.45) is 0. The molecule has 0 aromatic heterocycles. The largest absolute Gasteiger partial charge is 0.457 e. The van der Waals surface area contributed by atoms with Crippen LogP contribution >= 0.6 is 11.6 Å². The predicted molar refractivity (Wildman–Crippen MR) is 100 cm³/mol. The number of para-hydroxylation sites is 2. The molecule has 2 amide bonds. The molecular formula is C20H17ClN2O2. The second kappa shape index (κ2) is 8.22. The van der Waals surface area contributed by atoms with Gasteiger partial charge in [-0.1, -0.05) is 54.1 Å². The number of nitrogens with one attached hydrogen (secondary N) is 2. The maximum absolute atomic E-state index is 12.1. The summed E-state index contributed by atoms with van der Waals surface area (Å²) in [6.45, 7) is 0.251. The Hall–Kier alpha value is -2.98. The van der Waals surface area contributed by atoms with Crippen molar-refractivity contribution in [2.45, 2.75) is 6.54 Å². The molecule has 0 aliphatic rings. The van der Waals surface area contributed by atoms with Gasteiger partial charge in [-0.2, -0.15) is 0 Å². The van der Waals surface area contributed by atoms with Gasteiger partial charge in [0.1, 0.15) is 11.5 Å². The third-order valence-electron chi connectivity index (χ3n) is 3.50. The van der Waals surface area contributed by atoms with Crippen LogP contribution in [0.1, 0.15) is 5.56 Å². The third-order valence-corrected chi connectivity index (χ3v) is 3.86. The zero-order valence-electron chi connectivity index (χ0n) is 13.4. The minimum Gasteiger partial charge on any atom is -0.457 e. The van der Waals surface area contributed by atoms with Crippen LogP contribution in [0, 0.1) is 0 Å². The van der Waals surface area contributed by atoms with E-state index < -0.39 is 0 Å². The van der Waals surface area contributed by atoms with Crippen molar-refractivity contribution in [2.75, 3.05) is 5.32 Å². The molecule has 0 fully saturated rings. The number of benzene rings is 3. The maximum Gasteiger partial charge on any atom is 0.319 e. The van der Waals surface area contributed by atoms with E-state index in [4.69, 9.17) is 16.3 Å². The molecule has 2 N–H and O–H groups in total. The van der Waals surface area contributed by atoms with Crippen LogP contribution in [-0.4, -0.2) is 6.03 Å². The van der Waals surface area contributed by atoms with Crippen molar-refractivity contribution in [3.8, 4) is 11.5 Å². The van der Waals surface area contributed by atoms with Gasteiger partial charge in [0.05, 0.1) is 0 Å². The number of carbonyl (C=O) groups is 1. The van der Waals surface area contributed by atoms with Gasteiger partial charge in [-0.05, 0) is 36.4 Å². The van der Waals surface area contributed by atoms with Gasteiger partial charge in [0.2, 0.25) is 0 Å². The SMILES string of the molecule is O=C(NCc1c(Cl)cccc1Oc1ccccc1)Nc1ccccc1. The molecule has 0 bridgehead atoms. The number of anilines is 1. The molecule has 3 aromatic rings. The van der Waals surface area contributed by atoms with Gasteiger partial charge in [0.25, 0.3) is 0 Å². The highest BCUT2D eigenvalue weighted by Gasteiger charge is 2.11. The van der Waals surface area contributed by atoms with E-state index in [0.717, 1.165) is 11.3 Å². The van der Waals surface area contributed by atoms with E-state index in [2.05, 4.69) is 10.6 Å². The van der Waals surface area contributed by atoms with E-state index in [1.165, 1.54) is 0 Å². The van der Waals surface area contributed by atoms with Gasteiger partial charge in [0, 0.05) is 22.8 Å². The van der Waals surface area contributed by atoms with Crippen molar-refractivity contribution < 1.29 is 9.53 Å². The summed E-state index contributed by atoms with van der Waals surface area (Å²) >= 11 is 6.29. The first-order valence-electron chi connectivity index (χ1n) is 7.82. The number of ether oxygens (including phenoxy) is 1. The van der Waals surface area contributed by atoms with Gasteiger partial charge in [-0.15, -0.1) is 0 Å². The van der Waals surface area contributed by atoms with E-state index in [9.17, 15) is 4.79 Å². The number of halogens is 1. The molecule has 3 aromatic carbocycles. The molecule has 0 unspecified atom stereocenters. The smallest absolute Gasteiger partial charge is 0.319 e. The molecule has 5 heteroatoms. The van der Waals surface area contributed by atoms with Gasteiger partial charge in [0.15, 0.2) is 0 Å². The Bertz CT molecular complexity index is 839. The van der Waals surface area contributed by atoms with E-state index in [1.807, 2.05) is 72.8 Å². The fourth-order valence-electron chi connectivity index (χ4n) is 2.29. The highest BCUT2D eigenvalue weighted by molar-refractivity contribution is 6.31. The molecule has 0 heterocycles. The fraction of sp³-hybridized carbons (Fsp3) is 0.0500. The Morgan fingerprint density at radius 3 is 2.28 bits per heavy atom. The van der Waals surface area contributed by atoms with E-state index in [0.29, 0.717) is 16.5 Å². The second-order valence-corrected chi connectivity index (χ2v) is 5.71. The number of rotatable bonds is 5. The predicted octanol–water partition coefficient (Wildman–Crippen LogP) is 5.45.